The highest BCUT2D eigenvalue weighted by atomic mass is 32.1. The molecular weight excluding hydrogens is 532 g/mol. The van der Waals surface area contributed by atoms with Crippen LogP contribution in [0.5, 0.6) is 11.5 Å². The van der Waals surface area contributed by atoms with Crippen LogP contribution in [0.15, 0.2) is 66.0 Å². The minimum Gasteiger partial charge on any atom is -0.493 e. The predicted octanol–water partition coefficient (Wildman–Crippen LogP) is 7.81. The maximum absolute atomic E-state index is 12.0. The van der Waals surface area contributed by atoms with Crippen LogP contribution in [0.4, 0.5) is 0 Å². The Morgan fingerprint density at radius 1 is 1.02 bits per heavy atom. The van der Waals surface area contributed by atoms with E-state index in [4.69, 9.17) is 14.2 Å². The number of carbonyl (C=O) groups is 1. The molecule has 1 aromatic heterocycles. The fourth-order valence-corrected chi connectivity index (χ4v) is 5.87. The average molecular weight is 569 g/mol. The molecule has 1 saturated carbocycles. The van der Waals surface area contributed by atoms with Crippen molar-refractivity contribution < 1.29 is 24.1 Å². The number of ether oxygens (including phenoxy) is 3. The van der Waals surface area contributed by atoms with Crippen molar-refractivity contribution in [1.29, 1.82) is 0 Å². The number of aryl methyl sites for hydroxylation is 1. The lowest BCUT2D eigenvalue weighted by Gasteiger charge is -2.13. The minimum absolute atomic E-state index is 0.202. The van der Waals surface area contributed by atoms with Gasteiger partial charge in [-0.2, -0.15) is 0 Å². The Morgan fingerprint density at radius 2 is 1.80 bits per heavy atom. The summed E-state index contributed by atoms with van der Waals surface area (Å²) in [7, 11) is 0. The van der Waals surface area contributed by atoms with E-state index in [1.807, 2.05) is 30.3 Å². The highest BCUT2D eigenvalue weighted by molar-refractivity contribution is 7.17. The number of fused-ring (bicyclic) bond motifs is 1. The molecule has 4 aromatic rings. The van der Waals surface area contributed by atoms with E-state index >= 15 is 0 Å². The summed E-state index contributed by atoms with van der Waals surface area (Å²) < 4.78 is 18.4. The summed E-state index contributed by atoms with van der Waals surface area (Å²) in [6, 6.07) is 20.5. The summed E-state index contributed by atoms with van der Waals surface area (Å²) >= 11 is 1.74. The van der Waals surface area contributed by atoms with Crippen molar-refractivity contribution in [2.75, 3.05) is 13.2 Å². The molecule has 0 radical (unpaired) electrons. The van der Waals surface area contributed by atoms with Gasteiger partial charge in [0.05, 0.1) is 31.2 Å². The maximum Gasteiger partial charge on any atom is 0.307 e. The van der Waals surface area contributed by atoms with Gasteiger partial charge in [0.2, 0.25) is 0 Å². The summed E-state index contributed by atoms with van der Waals surface area (Å²) in [6.07, 6.45) is 2.68. The van der Waals surface area contributed by atoms with Crippen molar-refractivity contribution in [2.45, 2.75) is 64.6 Å². The zero-order valence-corrected chi connectivity index (χ0v) is 24.7. The molecule has 3 aromatic carbocycles. The zero-order valence-electron chi connectivity index (χ0n) is 23.9. The molecule has 212 valence electrons. The van der Waals surface area contributed by atoms with Gasteiger partial charge in [0.15, 0.2) is 0 Å². The summed E-state index contributed by atoms with van der Waals surface area (Å²) in [5, 5.41) is 13.5. The molecule has 41 heavy (non-hydrogen) atoms. The molecule has 1 heterocycles. The molecule has 0 unspecified atom stereocenters. The summed E-state index contributed by atoms with van der Waals surface area (Å²) in [5.41, 5.74) is 5.11. The SMILES string of the molecule is CC#C[C@@H](CC(=O)OCC)c1ccc(OCc2ccc3scc(-c4ccc(OCCC5(O)CC5)cc4C)c3c2)cc1. The van der Waals surface area contributed by atoms with Crippen LogP contribution in [0.25, 0.3) is 21.2 Å². The normalized spacial score (nSPS) is 14.1. The third kappa shape index (κ3) is 7.30. The number of esters is 1. The van der Waals surface area contributed by atoms with Crippen molar-refractivity contribution >= 4 is 27.4 Å². The third-order valence-corrected chi connectivity index (χ3v) is 8.44. The van der Waals surface area contributed by atoms with Crippen molar-refractivity contribution in [3.05, 3.63) is 82.7 Å². The number of aliphatic hydroxyl groups is 1. The first-order valence-electron chi connectivity index (χ1n) is 14.1. The number of hydrogen-bond donors (Lipinski definition) is 1. The lowest BCUT2D eigenvalue weighted by Crippen LogP contribution is -2.12. The van der Waals surface area contributed by atoms with Crippen LogP contribution in [-0.2, 0) is 16.1 Å². The van der Waals surface area contributed by atoms with Crippen LogP contribution >= 0.6 is 11.3 Å². The van der Waals surface area contributed by atoms with E-state index in [1.54, 1.807) is 25.2 Å². The van der Waals surface area contributed by atoms with E-state index in [2.05, 4.69) is 54.5 Å². The molecule has 1 aliphatic carbocycles. The summed E-state index contributed by atoms with van der Waals surface area (Å²) in [5.74, 6) is 7.19. The van der Waals surface area contributed by atoms with Crippen molar-refractivity contribution in [1.82, 2.24) is 0 Å². The van der Waals surface area contributed by atoms with Gasteiger partial charge in [-0.15, -0.1) is 17.3 Å². The highest BCUT2D eigenvalue weighted by Gasteiger charge is 2.39. The van der Waals surface area contributed by atoms with Gasteiger partial charge >= 0.3 is 5.97 Å². The van der Waals surface area contributed by atoms with Crippen molar-refractivity contribution in [2.24, 2.45) is 0 Å². The molecule has 1 aliphatic rings. The minimum atomic E-state index is -0.492. The van der Waals surface area contributed by atoms with Crippen LogP contribution in [0.2, 0.25) is 0 Å². The van der Waals surface area contributed by atoms with Gasteiger partial charge in [-0.25, -0.2) is 0 Å². The molecule has 5 rings (SSSR count). The first-order chi connectivity index (χ1) is 19.9. The number of benzene rings is 3. The fraction of sp³-hybridized carbons (Fsp3) is 0.343. The Hall–Kier alpha value is -3.79. The van der Waals surface area contributed by atoms with Gasteiger partial charge in [-0.3, -0.25) is 4.79 Å². The Labute approximate surface area is 246 Å². The van der Waals surface area contributed by atoms with Gasteiger partial charge in [-0.05, 0) is 97.6 Å². The van der Waals surface area contributed by atoms with E-state index in [0.717, 1.165) is 41.0 Å². The lowest BCUT2D eigenvalue weighted by atomic mass is 9.96. The molecule has 0 spiro atoms. The van der Waals surface area contributed by atoms with Gasteiger partial charge in [0.25, 0.3) is 0 Å². The van der Waals surface area contributed by atoms with Crippen LogP contribution in [0.3, 0.4) is 0 Å². The first-order valence-corrected chi connectivity index (χ1v) is 15.0. The number of thiophene rings is 1. The number of carbonyl (C=O) groups excluding carboxylic acids is 1. The molecule has 0 saturated heterocycles. The molecule has 1 N–H and O–H groups in total. The summed E-state index contributed by atoms with van der Waals surface area (Å²) in [6.45, 7) is 7.04. The molecule has 1 fully saturated rings. The van der Waals surface area contributed by atoms with Crippen LogP contribution in [0, 0.1) is 18.8 Å². The van der Waals surface area contributed by atoms with E-state index in [1.165, 1.54) is 21.2 Å². The fourth-order valence-electron chi connectivity index (χ4n) is 4.93. The second-order valence-electron chi connectivity index (χ2n) is 10.6. The van der Waals surface area contributed by atoms with Crippen LogP contribution in [0.1, 0.15) is 62.1 Å². The van der Waals surface area contributed by atoms with Crippen molar-refractivity contribution in [3.63, 3.8) is 0 Å². The Morgan fingerprint density at radius 3 is 2.51 bits per heavy atom. The summed E-state index contributed by atoms with van der Waals surface area (Å²) in [4.78, 5) is 12.0. The Kier molecular flexibility index (Phi) is 8.97. The topological polar surface area (TPSA) is 65.0 Å². The van der Waals surface area contributed by atoms with Crippen LogP contribution < -0.4 is 9.47 Å². The second-order valence-corrected chi connectivity index (χ2v) is 11.5. The molecule has 0 bridgehead atoms. The molecule has 6 heteroatoms. The Bertz CT molecular complexity index is 1570. The highest BCUT2D eigenvalue weighted by Crippen LogP contribution is 2.39. The Balaban J connectivity index is 1.25. The monoisotopic (exact) mass is 568 g/mol. The van der Waals surface area contributed by atoms with E-state index in [9.17, 15) is 9.90 Å². The lowest BCUT2D eigenvalue weighted by molar-refractivity contribution is -0.143. The maximum atomic E-state index is 12.0. The average Bonchev–Trinajstić information content (AvgIpc) is 3.55. The quantitative estimate of drug-likeness (QED) is 0.139. The second kappa shape index (κ2) is 12.8. The molecule has 1 atom stereocenters. The molecule has 0 aliphatic heterocycles. The van der Waals surface area contributed by atoms with Gasteiger partial charge in [0.1, 0.15) is 18.1 Å². The first kappa shape index (κ1) is 28.7. The largest absolute Gasteiger partial charge is 0.493 e. The number of rotatable bonds is 12. The standard InChI is InChI=1S/C35H36O5S/c1-4-6-27(21-34(36)38-5-2)26-8-10-28(11-9-26)40-22-25-7-14-33-31(20-25)32(23-41-33)30-13-12-29(19-24(30)3)39-18-17-35(37)15-16-35/h7-14,19-20,23,27,37H,5,15-18,21-22H2,1-3H3/t27-/m0/s1. The third-order valence-electron chi connectivity index (χ3n) is 7.47. The van der Waals surface area contributed by atoms with Crippen LogP contribution in [-0.4, -0.2) is 29.9 Å². The van der Waals surface area contributed by atoms with E-state index < -0.39 is 5.60 Å². The molecular formula is C35H36O5S. The van der Waals surface area contributed by atoms with E-state index in [0.29, 0.717) is 26.2 Å². The molecule has 0 amide bonds. The van der Waals surface area contributed by atoms with E-state index in [-0.39, 0.29) is 18.3 Å². The van der Waals surface area contributed by atoms with Crippen molar-refractivity contribution in [3.8, 4) is 34.5 Å². The predicted molar refractivity (Wildman–Crippen MR) is 165 cm³/mol. The van der Waals surface area contributed by atoms with Gasteiger partial charge in [-0.1, -0.05) is 30.2 Å². The number of hydrogen-bond acceptors (Lipinski definition) is 6. The van der Waals surface area contributed by atoms with Gasteiger partial charge in [0, 0.05) is 22.1 Å². The molecule has 5 nitrogen and oxygen atoms in total. The smallest absolute Gasteiger partial charge is 0.307 e. The zero-order chi connectivity index (χ0) is 28.8. The van der Waals surface area contributed by atoms with Gasteiger partial charge < -0.3 is 19.3 Å².